The van der Waals surface area contributed by atoms with Gasteiger partial charge in [-0.1, -0.05) is 18.6 Å². The van der Waals surface area contributed by atoms with Gasteiger partial charge in [-0.3, -0.25) is 9.88 Å². The van der Waals surface area contributed by atoms with Crippen molar-refractivity contribution in [1.29, 1.82) is 0 Å². The molecule has 0 saturated heterocycles. The first kappa shape index (κ1) is 19.8. The Bertz CT molecular complexity index is 852. The summed E-state index contributed by atoms with van der Waals surface area (Å²) >= 11 is 0. The van der Waals surface area contributed by atoms with Crippen LogP contribution in [0.5, 0.6) is 5.75 Å². The van der Waals surface area contributed by atoms with Crippen molar-refractivity contribution in [1.82, 2.24) is 9.88 Å². The van der Waals surface area contributed by atoms with Gasteiger partial charge in [0.15, 0.2) is 0 Å². The molecule has 1 aliphatic carbocycles. The van der Waals surface area contributed by atoms with Gasteiger partial charge in [0.05, 0.1) is 0 Å². The Hall–Kier alpha value is -2.93. The second-order valence-electron chi connectivity index (χ2n) is 7.35. The topological polar surface area (TPSA) is 111 Å². The predicted octanol–water partition coefficient (Wildman–Crippen LogP) is 2.59. The summed E-state index contributed by atoms with van der Waals surface area (Å²) in [6.45, 7) is 1.07. The molecule has 2 aromatic rings. The molecule has 1 fully saturated rings. The number of carboxylic acids is 2. The van der Waals surface area contributed by atoms with Crippen LogP contribution >= 0.6 is 0 Å². The predicted molar refractivity (Wildman–Crippen MR) is 102 cm³/mol. The third-order valence-electron chi connectivity index (χ3n) is 5.73. The highest BCUT2D eigenvalue weighted by Gasteiger charge is 2.50. The Balaban J connectivity index is 0.000000330. The van der Waals surface area contributed by atoms with Crippen molar-refractivity contribution in [2.45, 2.75) is 37.1 Å². The molecule has 1 saturated carbocycles. The number of aromatic nitrogens is 1. The number of aliphatic carboxylic acids is 2. The van der Waals surface area contributed by atoms with E-state index in [1.54, 1.807) is 0 Å². The molecule has 28 heavy (non-hydrogen) atoms. The van der Waals surface area contributed by atoms with Crippen LogP contribution in [0.3, 0.4) is 0 Å². The third-order valence-corrected chi connectivity index (χ3v) is 5.73. The van der Waals surface area contributed by atoms with E-state index in [9.17, 15) is 5.11 Å². The SMILES string of the molecule is CN1CCc2ccc(O)cc2C1C1(c2ccccn2)CCC1.O=C(O)C(=O)O. The summed E-state index contributed by atoms with van der Waals surface area (Å²) in [5.74, 6) is -3.28. The lowest BCUT2D eigenvalue weighted by Crippen LogP contribution is -2.50. The Morgan fingerprint density at radius 3 is 2.39 bits per heavy atom. The van der Waals surface area contributed by atoms with Gasteiger partial charge in [-0.25, -0.2) is 9.59 Å². The molecule has 148 valence electrons. The summed E-state index contributed by atoms with van der Waals surface area (Å²) in [6.07, 6.45) is 6.57. The quantitative estimate of drug-likeness (QED) is 0.683. The summed E-state index contributed by atoms with van der Waals surface area (Å²) in [5.41, 5.74) is 3.97. The zero-order valence-corrected chi connectivity index (χ0v) is 15.7. The van der Waals surface area contributed by atoms with E-state index in [4.69, 9.17) is 19.8 Å². The van der Waals surface area contributed by atoms with E-state index in [0.717, 1.165) is 13.0 Å². The number of hydrogen-bond acceptors (Lipinski definition) is 5. The van der Waals surface area contributed by atoms with E-state index < -0.39 is 11.9 Å². The monoisotopic (exact) mass is 384 g/mol. The lowest BCUT2D eigenvalue weighted by atomic mass is 9.59. The molecule has 1 aromatic carbocycles. The van der Waals surface area contributed by atoms with Crippen LogP contribution in [0.15, 0.2) is 42.6 Å². The maximum absolute atomic E-state index is 9.99. The van der Waals surface area contributed by atoms with Gasteiger partial charge in [-0.05, 0) is 61.7 Å². The molecule has 0 radical (unpaired) electrons. The van der Waals surface area contributed by atoms with Crippen LogP contribution in [0.1, 0.15) is 42.1 Å². The number of aromatic hydroxyl groups is 1. The van der Waals surface area contributed by atoms with Crippen molar-refractivity contribution in [2.75, 3.05) is 13.6 Å². The summed E-state index contributed by atoms with van der Waals surface area (Å²) in [6, 6.07) is 12.4. The molecule has 0 amide bonds. The number of hydrogen-bond donors (Lipinski definition) is 3. The van der Waals surface area contributed by atoms with Crippen molar-refractivity contribution < 1.29 is 24.9 Å². The minimum atomic E-state index is -1.82. The van der Waals surface area contributed by atoms with Crippen LogP contribution in [0.4, 0.5) is 0 Å². The number of rotatable bonds is 2. The van der Waals surface area contributed by atoms with E-state index in [0.29, 0.717) is 11.8 Å². The number of benzene rings is 1. The number of carbonyl (C=O) groups is 2. The summed E-state index contributed by atoms with van der Waals surface area (Å²) < 4.78 is 0. The van der Waals surface area contributed by atoms with Gasteiger partial charge in [0.2, 0.25) is 0 Å². The van der Waals surface area contributed by atoms with Crippen molar-refractivity contribution in [3.8, 4) is 5.75 Å². The average molecular weight is 384 g/mol. The third kappa shape index (κ3) is 3.71. The zero-order valence-electron chi connectivity index (χ0n) is 15.7. The summed E-state index contributed by atoms with van der Waals surface area (Å²) in [4.78, 5) is 25.3. The highest BCUT2D eigenvalue weighted by molar-refractivity contribution is 6.27. The molecular weight excluding hydrogens is 360 g/mol. The molecule has 1 aliphatic heterocycles. The molecule has 1 aromatic heterocycles. The maximum atomic E-state index is 9.99. The molecule has 2 heterocycles. The highest BCUT2D eigenvalue weighted by Crippen LogP contribution is 2.55. The fourth-order valence-electron chi connectivity index (χ4n) is 4.33. The van der Waals surface area contributed by atoms with Gasteiger partial charge in [0.1, 0.15) is 5.75 Å². The van der Waals surface area contributed by atoms with Crippen molar-refractivity contribution >= 4 is 11.9 Å². The van der Waals surface area contributed by atoms with E-state index in [1.807, 2.05) is 24.4 Å². The standard InChI is InChI=1S/C19H22N2O.C2H2O4/c1-21-12-8-14-6-7-15(22)13-16(14)18(21)19(9-4-10-19)17-5-2-3-11-20-17;3-1(4)2(5)6/h2-3,5-7,11,13,18,22H,4,8-10,12H2,1H3;(H,3,4)(H,5,6). The van der Waals surface area contributed by atoms with Gasteiger partial charge in [-0.15, -0.1) is 0 Å². The number of nitrogens with zero attached hydrogens (tertiary/aromatic N) is 2. The van der Waals surface area contributed by atoms with E-state index in [-0.39, 0.29) is 5.41 Å². The summed E-state index contributed by atoms with van der Waals surface area (Å²) in [5, 5.41) is 24.8. The first-order valence-electron chi connectivity index (χ1n) is 9.25. The molecule has 0 bridgehead atoms. The maximum Gasteiger partial charge on any atom is 0.414 e. The molecule has 7 heteroatoms. The molecule has 1 atom stereocenters. The van der Waals surface area contributed by atoms with E-state index >= 15 is 0 Å². The average Bonchev–Trinajstić information content (AvgIpc) is 2.64. The minimum Gasteiger partial charge on any atom is -0.508 e. The van der Waals surface area contributed by atoms with Crippen LogP contribution in [0.25, 0.3) is 0 Å². The smallest absolute Gasteiger partial charge is 0.414 e. The van der Waals surface area contributed by atoms with Crippen LogP contribution in [-0.2, 0) is 21.4 Å². The van der Waals surface area contributed by atoms with Crippen molar-refractivity contribution in [3.63, 3.8) is 0 Å². The molecule has 7 nitrogen and oxygen atoms in total. The molecule has 2 aliphatic rings. The fourth-order valence-corrected chi connectivity index (χ4v) is 4.33. The second-order valence-corrected chi connectivity index (χ2v) is 7.35. The lowest BCUT2D eigenvalue weighted by Gasteiger charge is -2.52. The first-order valence-corrected chi connectivity index (χ1v) is 9.25. The van der Waals surface area contributed by atoms with Gasteiger partial charge in [0, 0.05) is 29.9 Å². The van der Waals surface area contributed by atoms with Crippen LogP contribution < -0.4 is 0 Å². The van der Waals surface area contributed by atoms with Gasteiger partial charge >= 0.3 is 11.9 Å². The minimum absolute atomic E-state index is 0.0962. The number of phenols is 1. The van der Waals surface area contributed by atoms with Crippen molar-refractivity contribution in [3.05, 3.63) is 59.4 Å². The van der Waals surface area contributed by atoms with Gasteiger partial charge in [-0.2, -0.15) is 0 Å². The largest absolute Gasteiger partial charge is 0.508 e. The second kappa shape index (κ2) is 7.98. The Morgan fingerprint density at radius 2 is 1.86 bits per heavy atom. The van der Waals surface area contributed by atoms with E-state index in [1.165, 1.54) is 36.1 Å². The fraction of sp³-hybridized carbons (Fsp3) is 0.381. The number of fused-ring (bicyclic) bond motifs is 1. The number of likely N-dealkylation sites (N-methyl/N-ethyl adjacent to an activating group) is 1. The number of phenolic OH excluding ortho intramolecular Hbond substituents is 1. The summed E-state index contributed by atoms with van der Waals surface area (Å²) in [7, 11) is 2.21. The van der Waals surface area contributed by atoms with Crippen LogP contribution in [-0.4, -0.2) is 50.7 Å². The number of pyridine rings is 1. The van der Waals surface area contributed by atoms with Gasteiger partial charge < -0.3 is 15.3 Å². The molecule has 0 spiro atoms. The lowest BCUT2D eigenvalue weighted by molar-refractivity contribution is -0.159. The number of carboxylic acid groups (broad SMARTS) is 2. The molecule has 3 N–H and O–H groups in total. The molecule has 4 rings (SSSR count). The highest BCUT2D eigenvalue weighted by atomic mass is 16.4. The van der Waals surface area contributed by atoms with Crippen molar-refractivity contribution in [2.24, 2.45) is 0 Å². The van der Waals surface area contributed by atoms with Crippen LogP contribution in [0.2, 0.25) is 0 Å². The molecular formula is C21H24N2O5. The Kier molecular flexibility index (Phi) is 5.65. The van der Waals surface area contributed by atoms with Crippen LogP contribution in [0, 0.1) is 0 Å². The zero-order chi connectivity index (χ0) is 20.3. The Labute approximate surface area is 163 Å². The van der Waals surface area contributed by atoms with E-state index in [2.05, 4.69) is 35.1 Å². The normalized spacial score (nSPS) is 20.1. The Morgan fingerprint density at radius 1 is 1.14 bits per heavy atom. The van der Waals surface area contributed by atoms with Gasteiger partial charge in [0.25, 0.3) is 0 Å². The first-order chi connectivity index (χ1) is 13.3. The molecule has 1 unspecified atom stereocenters.